The topological polar surface area (TPSA) is 52.6 Å². The summed E-state index contributed by atoms with van der Waals surface area (Å²) >= 11 is 7.29. The van der Waals surface area contributed by atoms with Crippen LogP contribution in [0.15, 0.2) is 63.8 Å². The molecule has 122 valence electrons. The third-order valence-electron chi connectivity index (χ3n) is 3.57. The van der Waals surface area contributed by atoms with Gasteiger partial charge in [-0.1, -0.05) is 35.5 Å². The monoisotopic (exact) mass is 360 g/mol. The molecule has 0 fully saturated rings. The van der Waals surface area contributed by atoms with Gasteiger partial charge in [-0.2, -0.15) is 0 Å². The number of methoxy groups -OCH3 is 2. The third kappa shape index (κ3) is 2.81. The molecule has 0 radical (unpaired) electrons. The van der Waals surface area contributed by atoms with Crippen molar-refractivity contribution in [1.29, 1.82) is 0 Å². The van der Waals surface area contributed by atoms with Gasteiger partial charge in [-0.25, -0.2) is 0 Å². The van der Waals surface area contributed by atoms with E-state index in [4.69, 9.17) is 21.1 Å². The Morgan fingerprint density at radius 1 is 0.875 bits per heavy atom. The summed E-state index contributed by atoms with van der Waals surface area (Å²) in [6, 6.07) is 12.4. The van der Waals surface area contributed by atoms with E-state index in [1.54, 1.807) is 30.3 Å². The molecule has 2 aromatic carbocycles. The average Bonchev–Trinajstić information content (AvgIpc) is 2.59. The number of hydrogen-bond donors (Lipinski definition) is 0. The van der Waals surface area contributed by atoms with Crippen LogP contribution in [0.3, 0.4) is 0 Å². The molecule has 0 aromatic heterocycles. The molecular formula is C18H13ClO4S. The Bertz CT molecular complexity index is 856. The zero-order valence-electron chi connectivity index (χ0n) is 13.0. The molecule has 4 nitrogen and oxygen atoms in total. The van der Waals surface area contributed by atoms with E-state index in [9.17, 15) is 9.59 Å². The van der Waals surface area contributed by atoms with Crippen molar-refractivity contribution in [3.05, 3.63) is 70.1 Å². The summed E-state index contributed by atoms with van der Waals surface area (Å²) in [6.07, 6.45) is 0. The van der Waals surface area contributed by atoms with Gasteiger partial charge in [0.05, 0.1) is 19.8 Å². The van der Waals surface area contributed by atoms with Gasteiger partial charge in [-0.15, -0.1) is 0 Å². The second kappa shape index (κ2) is 6.71. The lowest BCUT2D eigenvalue weighted by Gasteiger charge is -2.20. The van der Waals surface area contributed by atoms with E-state index in [1.807, 2.05) is 12.1 Å². The van der Waals surface area contributed by atoms with Crippen molar-refractivity contribution in [1.82, 2.24) is 0 Å². The lowest BCUT2D eigenvalue weighted by molar-refractivity contribution is 0.0826. The summed E-state index contributed by atoms with van der Waals surface area (Å²) in [6.45, 7) is 0. The normalized spacial score (nSPS) is 13.8. The molecule has 0 saturated carbocycles. The molecule has 0 unspecified atom stereocenters. The number of allylic oxidation sites excluding steroid dienone is 2. The fraction of sp³-hybridized carbons (Fsp3) is 0.111. The van der Waals surface area contributed by atoms with Crippen LogP contribution in [-0.2, 0) is 9.47 Å². The van der Waals surface area contributed by atoms with E-state index in [0.29, 0.717) is 21.0 Å². The maximum Gasteiger partial charge on any atom is 0.233 e. The predicted molar refractivity (Wildman–Crippen MR) is 91.7 cm³/mol. The van der Waals surface area contributed by atoms with E-state index in [1.165, 1.54) is 26.0 Å². The highest BCUT2D eigenvalue weighted by Gasteiger charge is 2.36. The lowest BCUT2D eigenvalue weighted by atomic mass is 9.92. The second-order valence-corrected chi connectivity index (χ2v) is 6.51. The number of hydrogen-bond acceptors (Lipinski definition) is 5. The Kier molecular flexibility index (Phi) is 4.64. The Morgan fingerprint density at radius 3 is 2.12 bits per heavy atom. The van der Waals surface area contributed by atoms with E-state index in [2.05, 4.69) is 0 Å². The highest BCUT2D eigenvalue weighted by Crippen LogP contribution is 2.37. The summed E-state index contributed by atoms with van der Waals surface area (Å²) in [5.74, 6) is -0.855. The van der Waals surface area contributed by atoms with Gasteiger partial charge in [-0.05, 0) is 30.3 Å². The van der Waals surface area contributed by atoms with Gasteiger partial charge in [0.2, 0.25) is 23.1 Å². The first-order valence-electron chi connectivity index (χ1n) is 7.05. The summed E-state index contributed by atoms with van der Waals surface area (Å²) in [5, 5.41) is 0.634. The van der Waals surface area contributed by atoms with Crippen LogP contribution < -0.4 is 0 Å². The van der Waals surface area contributed by atoms with Gasteiger partial charge in [0, 0.05) is 20.4 Å². The smallest absolute Gasteiger partial charge is 0.233 e. The standard InChI is InChI=1S/C18H13ClO4S/c1-22-17-15(20)12-4-3-5-13(14(12)16(21)18(17)23-2)24-11-8-6-10(19)7-9-11/h3-9H,1-2H3. The van der Waals surface area contributed by atoms with Crippen molar-refractivity contribution < 1.29 is 19.1 Å². The molecule has 0 spiro atoms. The van der Waals surface area contributed by atoms with Crippen LogP contribution in [0.2, 0.25) is 5.02 Å². The second-order valence-electron chi connectivity index (χ2n) is 4.96. The first-order valence-corrected chi connectivity index (χ1v) is 8.24. The molecule has 0 atom stereocenters. The Balaban J connectivity index is 2.09. The number of ether oxygens (including phenoxy) is 2. The summed E-state index contributed by atoms with van der Waals surface area (Å²) < 4.78 is 10.2. The number of halogens is 1. The largest absolute Gasteiger partial charge is 0.489 e. The average molecular weight is 361 g/mol. The molecule has 1 aliphatic carbocycles. The van der Waals surface area contributed by atoms with Gasteiger partial charge in [0.25, 0.3) is 0 Å². The van der Waals surface area contributed by atoms with Gasteiger partial charge < -0.3 is 9.47 Å². The van der Waals surface area contributed by atoms with Crippen molar-refractivity contribution in [3.63, 3.8) is 0 Å². The zero-order valence-corrected chi connectivity index (χ0v) is 14.5. The summed E-state index contributed by atoms with van der Waals surface area (Å²) in [4.78, 5) is 26.9. The number of rotatable bonds is 4. The fourth-order valence-electron chi connectivity index (χ4n) is 2.48. The van der Waals surface area contributed by atoms with E-state index in [0.717, 1.165) is 4.90 Å². The van der Waals surface area contributed by atoms with Crippen LogP contribution in [0.4, 0.5) is 0 Å². The van der Waals surface area contributed by atoms with Crippen molar-refractivity contribution in [2.75, 3.05) is 14.2 Å². The van der Waals surface area contributed by atoms with Gasteiger partial charge in [0.1, 0.15) is 0 Å². The summed E-state index contributed by atoms with van der Waals surface area (Å²) in [7, 11) is 2.69. The minimum absolute atomic E-state index is 0.0661. The SMILES string of the molecule is COC1=C(OC)C(=O)c2c(Sc3ccc(Cl)cc3)cccc2C1=O. The predicted octanol–water partition coefficient (Wildman–Crippen LogP) is 4.37. The molecule has 0 bridgehead atoms. The molecule has 0 aliphatic heterocycles. The number of ketones is 2. The Morgan fingerprint density at radius 2 is 1.50 bits per heavy atom. The fourth-order valence-corrected chi connectivity index (χ4v) is 3.59. The van der Waals surface area contributed by atoms with E-state index in [-0.39, 0.29) is 23.1 Å². The zero-order chi connectivity index (χ0) is 17.3. The van der Waals surface area contributed by atoms with E-state index < -0.39 is 0 Å². The minimum atomic E-state index is -0.360. The maximum atomic E-state index is 12.8. The molecule has 1 aliphatic rings. The molecule has 0 N–H and O–H groups in total. The number of carbonyl (C=O) groups excluding carboxylic acids is 2. The molecule has 2 aromatic rings. The quantitative estimate of drug-likeness (QED) is 0.810. The Hall–Kier alpha value is -2.24. The van der Waals surface area contributed by atoms with Crippen LogP contribution in [0, 0.1) is 0 Å². The molecule has 0 saturated heterocycles. The lowest BCUT2D eigenvalue weighted by Crippen LogP contribution is -2.24. The highest BCUT2D eigenvalue weighted by atomic mass is 35.5. The van der Waals surface area contributed by atoms with Gasteiger partial charge in [-0.3, -0.25) is 9.59 Å². The number of benzene rings is 2. The first kappa shape index (κ1) is 16.6. The molecule has 0 heterocycles. The highest BCUT2D eigenvalue weighted by molar-refractivity contribution is 7.99. The van der Waals surface area contributed by atoms with Crippen molar-refractivity contribution in [2.45, 2.75) is 9.79 Å². The molecule has 0 amide bonds. The molecule has 3 rings (SSSR count). The van der Waals surface area contributed by atoms with Crippen LogP contribution in [0.5, 0.6) is 0 Å². The van der Waals surface area contributed by atoms with Crippen LogP contribution >= 0.6 is 23.4 Å². The number of carbonyl (C=O) groups is 2. The first-order chi connectivity index (χ1) is 11.6. The van der Waals surface area contributed by atoms with Crippen molar-refractivity contribution in [2.24, 2.45) is 0 Å². The molecule has 24 heavy (non-hydrogen) atoms. The molecular weight excluding hydrogens is 348 g/mol. The van der Waals surface area contributed by atoms with Gasteiger partial charge >= 0.3 is 0 Å². The van der Waals surface area contributed by atoms with Crippen LogP contribution in [0.1, 0.15) is 20.7 Å². The maximum absolute atomic E-state index is 12.8. The summed E-state index contributed by atoms with van der Waals surface area (Å²) in [5.41, 5.74) is 0.650. The molecule has 6 heteroatoms. The number of fused-ring (bicyclic) bond motifs is 1. The van der Waals surface area contributed by atoms with Gasteiger partial charge in [0.15, 0.2) is 0 Å². The van der Waals surface area contributed by atoms with Crippen LogP contribution in [0.25, 0.3) is 0 Å². The van der Waals surface area contributed by atoms with Crippen LogP contribution in [-0.4, -0.2) is 25.8 Å². The third-order valence-corrected chi connectivity index (χ3v) is 4.89. The van der Waals surface area contributed by atoms with Crippen molar-refractivity contribution in [3.8, 4) is 0 Å². The van der Waals surface area contributed by atoms with Crippen molar-refractivity contribution >= 4 is 34.9 Å². The number of Topliss-reactive ketones (excluding diaryl/α,β-unsaturated/α-hetero) is 2. The van der Waals surface area contributed by atoms with E-state index >= 15 is 0 Å². The minimum Gasteiger partial charge on any atom is -0.489 e. The Labute approximate surface area is 148 Å².